The molecule has 15 heavy (non-hydrogen) atoms. The maximum absolute atomic E-state index is 5.35. The average molecular weight is 215 g/mol. The molecule has 0 bridgehead atoms. The minimum Gasteiger partial charge on any atom is -0.382 e. The molecule has 0 saturated carbocycles. The van der Waals surface area contributed by atoms with Crippen LogP contribution in [0.4, 0.5) is 0 Å². The summed E-state index contributed by atoms with van der Waals surface area (Å²) in [6.45, 7) is 14.0. The molecule has 92 valence electrons. The van der Waals surface area contributed by atoms with E-state index in [0.29, 0.717) is 6.04 Å². The number of hydrogen-bond acceptors (Lipinski definition) is 2. The Morgan fingerprint density at radius 3 is 2.27 bits per heavy atom. The van der Waals surface area contributed by atoms with Gasteiger partial charge < -0.3 is 10.1 Å². The number of nitrogens with one attached hydrogen (secondary N) is 1. The summed E-state index contributed by atoms with van der Waals surface area (Å²) in [6, 6.07) is 0.600. The summed E-state index contributed by atoms with van der Waals surface area (Å²) in [5.74, 6) is 1.55. The molecule has 2 nitrogen and oxygen atoms in total. The highest BCUT2D eigenvalue weighted by molar-refractivity contribution is 4.66. The van der Waals surface area contributed by atoms with Crippen LogP contribution in [0.5, 0.6) is 0 Å². The van der Waals surface area contributed by atoms with E-state index in [2.05, 4.69) is 39.9 Å². The molecule has 2 atom stereocenters. The predicted octanol–water partition coefficient (Wildman–Crippen LogP) is 3.07. The SMILES string of the molecule is CCOCCCC(C)C(C)CNC(C)C. The molecule has 0 aliphatic rings. The Morgan fingerprint density at radius 1 is 1.07 bits per heavy atom. The minimum atomic E-state index is 0.600. The van der Waals surface area contributed by atoms with Crippen molar-refractivity contribution in [3.8, 4) is 0 Å². The lowest BCUT2D eigenvalue weighted by atomic mass is 9.91. The summed E-state index contributed by atoms with van der Waals surface area (Å²) < 4.78 is 5.35. The smallest absolute Gasteiger partial charge is 0.0465 e. The molecule has 0 radical (unpaired) electrons. The molecule has 0 aliphatic carbocycles. The lowest BCUT2D eigenvalue weighted by Gasteiger charge is -2.21. The Morgan fingerprint density at radius 2 is 1.73 bits per heavy atom. The van der Waals surface area contributed by atoms with Crippen LogP contribution in [-0.4, -0.2) is 25.8 Å². The second-order valence-corrected chi connectivity index (χ2v) is 4.86. The Kier molecular flexibility index (Phi) is 9.12. The highest BCUT2D eigenvalue weighted by Gasteiger charge is 2.11. The normalized spacial score (nSPS) is 15.6. The maximum Gasteiger partial charge on any atom is 0.0465 e. The highest BCUT2D eigenvalue weighted by Crippen LogP contribution is 2.16. The maximum atomic E-state index is 5.35. The van der Waals surface area contributed by atoms with Gasteiger partial charge in [0.15, 0.2) is 0 Å². The second-order valence-electron chi connectivity index (χ2n) is 4.86. The first kappa shape index (κ1) is 14.9. The third kappa shape index (κ3) is 8.88. The average Bonchev–Trinajstić information content (AvgIpc) is 2.20. The molecule has 0 saturated heterocycles. The van der Waals surface area contributed by atoms with Crippen molar-refractivity contribution in [2.45, 2.75) is 53.5 Å². The minimum absolute atomic E-state index is 0.600. The summed E-state index contributed by atoms with van der Waals surface area (Å²) in [4.78, 5) is 0. The molecule has 0 aliphatic heterocycles. The van der Waals surface area contributed by atoms with E-state index >= 15 is 0 Å². The zero-order valence-corrected chi connectivity index (χ0v) is 11.2. The van der Waals surface area contributed by atoms with E-state index < -0.39 is 0 Å². The fourth-order valence-corrected chi connectivity index (χ4v) is 1.56. The van der Waals surface area contributed by atoms with Crippen molar-refractivity contribution in [3.63, 3.8) is 0 Å². The molecule has 0 aromatic heterocycles. The van der Waals surface area contributed by atoms with Crippen LogP contribution >= 0.6 is 0 Å². The van der Waals surface area contributed by atoms with E-state index in [1.54, 1.807) is 0 Å². The van der Waals surface area contributed by atoms with Crippen LogP contribution < -0.4 is 5.32 Å². The van der Waals surface area contributed by atoms with Crippen LogP contribution in [0.3, 0.4) is 0 Å². The molecular weight excluding hydrogens is 186 g/mol. The predicted molar refractivity (Wildman–Crippen MR) is 67.2 cm³/mol. The van der Waals surface area contributed by atoms with Crippen LogP contribution in [-0.2, 0) is 4.74 Å². The van der Waals surface area contributed by atoms with Gasteiger partial charge >= 0.3 is 0 Å². The topological polar surface area (TPSA) is 21.3 Å². The van der Waals surface area contributed by atoms with Crippen molar-refractivity contribution >= 4 is 0 Å². The van der Waals surface area contributed by atoms with Gasteiger partial charge in [0.1, 0.15) is 0 Å². The summed E-state index contributed by atoms with van der Waals surface area (Å²) in [7, 11) is 0. The third-order valence-electron chi connectivity index (χ3n) is 2.97. The molecule has 0 spiro atoms. The monoisotopic (exact) mass is 215 g/mol. The zero-order chi connectivity index (χ0) is 11.7. The van der Waals surface area contributed by atoms with Crippen LogP contribution in [0, 0.1) is 11.8 Å². The van der Waals surface area contributed by atoms with Crippen molar-refractivity contribution in [1.82, 2.24) is 5.32 Å². The van der Waals surface area contributed by atoms with Gasteiger partial charge in [0.05, 0.1) is 0 Å². The molecule has 2 unspecified atom stereocenters. The van der Waals surface area contributed by atoms with Gasteiger partial charge in [-0.05, 0) is 38.1 Å². The first-order valence-corrected chi connectivity index (χ1v) is 6.39. The van der Waals surface area contributed by atoms with E-state index in [4.69, 9.17) is 4.74 Å². The van der Waals surface area contributed by atoms with Crippen LogP contribution in [0.1, 0.15) is 47.5 Å². The van der Waals surface area contributed by atoms with Gasteiger partial charge in [-0.15, -0.1) is 0 Å². The number of hydrogen-bond donors (Lipinski definition) is 1. The first-order valence-electron chi connectivity index (χ1n) is 6.39. The lowest BCUT2D eigenvalue weighted by molar-refractivity contribution is 0.137. The molecule has 0 fully saturated rings. The van der Waals surface area contributed by atoms with Crippen molar-refractivity contribution in [3.05, 3.63) is 0 Å². The number of rotatable bonds is 9. The van der Waals surface area contributed by atoms with E-state index in [1.807, 2.05) is 0 Å². The van der Waals surface area contributed by atoms with Gasteiger partial charge in [-0.3, -0.25) is 0 Å². The molecule has 0 aromatic carbocycles. The fourth-order valence-electron chi connectivity index (χ4n) is 1.56. The zero-order valence-electron chi connectivity index (χ0n) is 11.2. The van der Waals surface area contributed by atoms with E-state index in [9.17, 15) is 0 Å². The van der Waals surface area contributed by atoms with Gasteiger partial charge in [0, 0.05) is 19.3 Å². The van der Waals surface area contributed by atoms with Crippen molar-refractivity contribution < 1.29 is 4.74 Å². The van der Waals surface area contributed by atoms with E-state index in [-0.39, 0.29) is 0 Å². The van der Waals surface area contributed by atoms with Gasteiger partial charge in [-0.25, -0.2) is 0 Å². The molecule has 1 N–H and O–H groups in total. The van der Waals surface area contributed by atoms with Crippen LogP contribution in [0.25, 0.3) is 0 Å². The summed E-state index contributed by atoms with van der Waals surface area (Å²) >= 11 is 0. The lowest BCUT2D eigenvalue weighted by Crippen LogP contribution is -2.30. The van der Waals surface area contributed by atoms with Gasteiger partial charge in [0.2, 0.25) is 0 Å². The quantitative estimate of drug-likeness (QED) is 0.597. The molecule has 0 amide bonds. The Hall–Kier alpha value is -0.0800. The Labute approximate surface area is 95.8 Å². The van der Waals surface area contributed by atoms with Gasteiger partial charge in [0.25, 0.3) is 0 Å². The highest BCUT2D eigenvalue weighted by atomic mass is 16.5. The van der Waals surface area contributed by atoms with Crippen molar-refractivity contribution in [1.29, 1.82) is 0 Å². The van der Waals surface area contributed by atoms with Gasteiger partial charge in [-0.1, -0.05) is 27.7 Å². The summed E-state index contributed by atoms with van der Waals surface area (Å²) in [5, 5.41) is 3.50. The molecule has 0 rings (SSSR count). The van der Waals surface area contributed by atoms with Crippen molar-refractivity contribution in [2.75, 3.05) is 19.8 Å². The molecule has 0 heterocycles. The first-order chi connectivity index (χ1) is 7.07. The largest absolute Gasteiger partial charge is 0.382 e. The van der Waals surface area contributed by atoms with E-state index in [0.717, 1.165) is 31.6 Å². The molecule has 0 aromatic rings. The van der Waals surface area contributed by atoms with E-state index in [1.165, 1.54) is 12.8 Å². The van der Waals surface area contributed by atoms with Crippen LogP contribution in [0.2, 0.25) is 0 Å². The number of ether oxygens (including phenoxy) is 1. The standard InChI is InChI=1S/C13H29NO/c1-6-15-9-7-8-12(4)13(5)10-14-11(2)3/h11-14H,6-10H2,1-5H3. The fraction of sp³-hybridized carbons (Fsp3) is 1.00. The Balaban J connectivity index is 3.46. The summed E-state index contributed by atoms with van der Waals surface area (Å²) in [6.07, 6.45) is 2.47. The van der Waals surface area contributed by atoms with Gasteiger partial charge in [-0.2, -0.15) is 0 Å². The van der Waals surface area contributed by atoms with Crippen molar-refractivity contribution in [2.24, 2.45) is 11.8 Å². The Bertz CT molecular complexity index is 136. The molecule has 2 heteroatoms. The second kappa shape index (κ2) is 9.17. The summed E-state index contributed by atoms with van der Waals surface area (Å²) in [5.41, 5.74) is 0. The van der Waals surface area contributed by atoms with Crippen LogP contribution in [0.15, 0.2) is 0 Å². The molecular formula is C13H29NO. The third-order valence-corrected chi connectivity index (χ3v) is 2.97.